The third kappa shape index (κ3) is 4.32. The minimum absolute atomic E-state index is 0.221. The number of imide groups is 2. The van der Waals surface area contributed by atoms with Crippen molar-refractivity contribution in [3.05, 3.63) is 61.5 Å². The summed E-state index contributed by atoms with van der Waals surface area (Å²) in [5.41, 5.74) is 1.37. The Morgan fingerprint density at radius 2 is 1.79 bits per heavy atom. The molecule has 0 aliphatic carbocycles. The number of nitrogens with one attached hydrogen (secondary N) is 1. The monoisotopic (exact) mass is 496 g/mol. The molecule has 9 heteroatoms. The third-order valence-corrected chi connectivity index (χ3v) is 5.57. The van der Waals surface area contributed by atoms with Crippen molar-refractivity contribution in [2.24, 2.45) is 0 Å². The van der Waals surface area contributed by atoms with E-state index in [1.807, 2.05) is 6.92 Å². The topological polar surface area (TPSA) is 75.7 Å². The molecule has 0 aromatic heterocycles. The zero-order valence-electron chi connectivity index (χ0n) is 15.4. The Morgan fingerprint density at radius 1 is 1.14 bits per heavy atom. The zero-order valence-corrected chi connectivity index (χ0v) is 18.5. The fraction of sp³-hybridized carbons (Fsp3) is 0.150. The summed E-state index contributed by atoms with van der Waals surface area (Å²) in [7, 11) is 0. The average Bonchev–Trinajstić information content (AvgIpc) is 2.64. The molecular weight excluding hydrogens is 483 g/mol. The van der Waals surface area contributed by atoms with E-state index in [2.05, 4.69) is 21.2 Å². The molecule has 1 aliphatic heterocycles. The maximum atomic E-state index is 13.0. The fourth-order valence-electron chi connectivity index (χ4n) is 2.77. The first kappa shape index (κ1) is 21.4. The van der Waals surface area contributed by atoms with Crippen molar-refractivity contribution in [3.8, 4) is 5.75 Å². The molecule has 1 aliphatic rings. The number of halogens is 3. The summed E-state index contributed by atoms with van der Waals surface area (Å²) < 4.78 is 6.21. The van der Waals surface area contributed by atoms with Gasteiger partial charge < -0.3 is 4.74 Å². The Labute approximate surface area is 185 Å². The number of urea groups is 1. The van der Waals surface area contributed by atoms with Crippen LogP contribution < -0.4 is 15.0 Å². The molecule has 0 radical (unpaired) electrons. The Morgan fingerprint density at radius 3 is 2.38 bits per heavy atom. The Balaban J connectivity index is 2.02. The van der Waals surface area contributed by atoms with Gasteiger partial charge in [0.2, 0.25) is 0 Å². The zero-order chi connectivity index (χ0) is 21.3. The molecule has 1 heterocycles. The van der Waals surface area contributed by atoms with Gasteiger partial charge in [-0.1, -0.05) is 39.1 Å². The second-order valence-electron chi connectivity index (χ2n) is 6.14. The molecule has 0 saturated carbocycles. The number of aryl methyl sites for hydroxylation is 1. The lowest BCUT2D eigenvalue weighted by atomic mass is 10.1. The summed E-state index contributed by atoms with van der Waals surface area (Å²) in [5.74, 6) is -1.23. The highest BCUT2D eigenvalue weighted by atomic mass is 79.9. The lowest BCUT2D eigenvalue weighted by molar-refractivity contribution is -0.122. The predicted molar refractivity (Wildman–Crippen MR) is 116 cm³/mol. The molecule has 4 amide bonds. The van der Waals surface area contributed by atoms with Gasteiger partial charge in [0.1, 0.15) is 5.57 Å². The van der Waals surface area contributed by atoms with Crippen LogP contribution in [0.15, 0.2) is 40.4 Å². The van der Waals surface area contributed by atoms with E-state index < -0.39 is 17.8 Å². The first-order valence-electron chi connectivity index (χ1n) is 8.52. The van der Waals surface area contributed by atoms with Gasteiger partial charge in [-0.2, -0.15) is 0 Å². The molecule has 0 spiro atoms. The number of barbiturate groups is 1. The van der Waals surface area contributed by atoms with Crippen molar-refractivity contribution in [1.29, 1.82) is 0 Å². The van der Waals surface area contributed by atoms with Gasteiger partial charge >= 0.3 is 6.03 Å². The first-order chi connectivity index (χ1) is 13.7. The van der Waals surface area contributed by atoms with Gasteiger partial charge in [0, 0.05) is 4.47 Å². The molecule has 2 aromatic carbocycles. The summed E-state index contributed by atoms with van der Waals surface area (Å²) in [6.45, 7) is 4.00. The van der Waals surface area contributed by atoms with Crippen LogP contribution >= 0.6 is 39.1 Å². The summed E-state index contributed by atoms with van der Waals surface area (Å²) in [6.07, 6.45) is 1.33. The van der Waals surface area contributed by atoms with E-state index in [0.717, 1.165) is 14.9 Å². The lowest BCUT2D eigenvalue weighted by Crippen LogP contribution is -2.54. The highest BCUT2D eigenvalue weighted by Crippen LogP contribution is 2.35. The Bertz CT molecular complexity index is 1050. The number of anilines is 1. The van der Waals surface area contributed by atoms with Gasteiger partial charge in [-0.3, -0.25) is 14.9 Å². The van der Waals surface area contributed by atoms with Crippen molar-refractivity contribution in [2.45, 2.75) is 13.8 Å². The minimum atomic E-state index is -0.818. The van der Waals surface area contributed by atoms with Crippen molar-refractivity contribution in [2.75, 3.05) is 11.5 Å². The standard InChI is InChI=1S/C20H15BrCl2N2O4/c1-3-29-17-15(22)8-11(9-16(17)23)7-13-18(26)24-20(28)25(19(13)27)12-4-5-14(21)10(2)6-12/h4-9H,3H2,1-2H3,(H,24,26,28). The van der Waals surface area contributed by atoms with E-state index in [1.165, 1.54) is 18.2 Å². The van der Waals surface area contributed by atoms with Crippen LogP contribution in [-0.4, -0.2) is 24.5 Å². The predicted octanol–water partition coefficient (Wildman–Crippen LogP) is 5.13. The van der Waals surface area contributed by atoms with Crippen LogP contribution in [0.4, 0.5) is 10.5 Å². The number of carbonyl (C=O) groups is 3. The molecule has 0 bridgehead atoms. The fourth-order valence-corrected chi connectivity index (χ4v) is 3.63. The second kappa shape index (κ2) is 8.57. The van der Waals surface area contributed by atoms with Crippen LogP contribution in [0.3, 0.4) is 0 Å². The molecule has 1 fully saturated rings. The molecule has 0 atom stereocenters. The van der Waals surface area contributed by atoms with Crippen LogP contribution in [0.1, 0.15) is 18.1 Å². The lowest BCUT2D eigenvalue weighted by Gasteiger charge is -2.26. The highest BCUT2D eigenvalue weighted by Gasteiger charge is 2.37. The summed E-state index contributed by atoms with van der Waals surface area (Å²) >= 11 is 15.8. The quantitative estimate of drug-likeness (QED) is 0.469. The number of hydrogen-bond acceptors (Lipinski definition) is 4. The van der Waals surface area contributed by atoms with Crippen LogP contribution in [0.5, 0.6) is 5.75 Å². The molecule has 0 unspecified atom stereocenters. The van der Waals surface area contributed by atoms with Gasteiger partial charge in [0.25, 0.3) is 11.8 Å². The maximum absolute atomic E-state index is 13.0. The number of benzene rings is 2. The van der Waals surface area contributed by atoms with Crippen LogP contribution in [-0.2, 0) is 9.59 Å². The second-order valence-corrected chi connectivity index (χ2v) is 7.81. The summed E-state index contributed by atoms with van der Waals surface area (Å²) in [4.78, 5) is 38.5. The van der Waals surface area contributed by atoms with Gasteiger partial charge in [-0.15, -0.1) is 0 Å². The molecule has 29 heavy (non-hydrogen) atoms. The van der Waals surface area contributed by atoms with Crippen molar-refractivity contribution in [1.82, 2.24) is 5.32 Å². The highest BCUT2D eigenvalue weighted by molar-refractivity contribution is 9.10. The van der Waals surface area contributed by atoms with E-state index in [1.54, 1.807) is 25.1 Å². The van der Waals surface area contributed by atoms with Gasteiger partial charge in [-0.05, 0) is 61.4 Å². The summed E-state index contributed by atoms with van der Waals surface area (Å²) in [6, 6.07) is 7.22. The first-order valence-corrected chi connectivity index (χ1v) is 10.1. The molecule has 2 aromatic rings. The number of carbonyl (C=O) groups excluding carboxylic acids is 3. The maximum Gasteiger partial charge on any atom is 0.335 e. The van der Waals surface area contributed by atoms with Crippen LogP contribution in [0, 0.1) is 6.92 Å². The molecule has 1 N–H and O–H groups in total. The Hall–Kier alpha value is -2.35. The van der Waals surface area contributed by atoms with Gasteiger partial charge in [0.15, 0.2) is 5.75 Å². The van der Waals surface area contributed by atoms with Crippen molar-refractivity contribution < 1.29 is 19.1 Å². The molecule has 3 rings (SSSR count). The molecular formula is C20H15BrCl2N2O4. The number of ether oxygens (including phenoxy) is 1. The van der Waals surface area contributed by atoms with E-state index in [4.69, 9.17) is 27.9 Å². The normalized spacial score (nSPS) is 15.7. The molecule has 6 nitrogen and oxygen atoms in total. The smallest absolute Gasteiger partial charge is 0.335 e. The third-order valence-electron chi connectivity index (χ3n) is 4.12. The van der Waals surface area contributed by atoms with E-state index in [9.17, 15) is 14.4 Å². The SMILES string of the molecule is CCOc1c(Cl)cc(C=C2C(=O)NC(=O)N(c3ccc(Br)c(C)c3)C2=O)cc1Cl. The number of nitrogens with zero attached hydrogens (tertiary/aromatic N) is 1. The van der Waals surface area contributed by atoms with Crippen LogP contribution in [0.2, 0.25) is 10.0 Å². The number of hydrogen-bond donors (Lipinski definition) is 1. The largest absolute Gasteiger partial charge is 0.491 e. The van der Waals surface area contributed by atoms with E-state index >= 15 is 0 Å². The Kier molecular flexibility index (Phi) is 6.31. The molecule has 1 saturated heterocycles. The minimum Gasteiger partial charge on any atom is -0.491 e. The number of amides is 4. The number of rotatable bonds is 4. The van der Waals surface area contributed by atoms with Gasteiger partial charge in [-0.25, -0.2) is 9.69 Å². The summed E-state index contributed by atoms with van der Waals surface area (Å²) in [5, 5.41) is 2.66. The van der Waals surface area contributed by atoms with Crippen molar-refractivity contribution >= 4 is 68.7 Å². The average molecular weight is 498 g/mol. The van der Waals surface area contributed by atoms with Crippen molar-refractivity contribution in [3.63, 3.8) is 0 Å². The van der Waals surface area contributed by atoms with E-state index in [0.29, 0.717) is 23.6 Å². The van der Waals surface area contributed by atoms with Crippen LogP contribution in [0.25, 0.3) is 6.08 Å². The molecule has 150 valence electrons. The van der Waals surface area contributed by atoms with Gasteiger partial charge in [0.05, 0.1) is 22.3 Å². The van der Waals surface area contributed by atoms with E-state index in [-0.39, 0.29) is 15.6 Å².